The lowest BCUT2D eigenvalue weighted by atomic mass is 9.76. The summed E-state index contributed by atoms with van der Waals surface area (Å²) < 4.78 is 7.34. The Morgan fingerprint density at radius 1 is 1.11 bits per heavy atom. The van der Waals surface area contributed by atoms with Crippen molar-refractivity contribution in [1.82, 2.24) is 29.6 Å². The maximum atomic E-state index is 12.5. The van der Waals surface area contributed by atoms with Gasteiger partial charge in [-0.25, -0.2) is 14.5 Å². The number of carbonyl (C=O) groups excluding carboxylic acids is 1. The second kappa shape index (κ2) is 9.50. The fourth-order valence-electron chi connectivity index (χ4n) is 4.48. The highest BCUT2D eigenvalue weighted by molar-refractivity contribution is 5.92. The van der Waals surface area contributed by atoms with E-state index in [9.17, 15) is 10.1 Å². The van der Waals surface area contributed by atoms with Crippen molar-refractivity contribution in [2.45, 2.75) is 44.6 Å². The average molecular weight is 497 g/mol. The summed E-state index contributed by atoms with van der Waals surface area (Å²) in [5, 5.41) is 19.2. The van der Waals surface area contributed by atoms with Gasteiger partial charge in [0, 0.05) is 37.1 Å². The lowest BCUT2D eigenvalue weighted by molar-refractivity contribution is 0.0184. The van der Waals surface area contributed by atoms with Gasteiger partial charge < -0.3 is 15.0 Å². The van der Waals surface area contributed by atoms with Crippen molar-refractivity contribution >= 4 is 28.6 Å². The van der Waals surface area contributed by atoms with Gasteiger partial charge in [-0.15, -0.1) is 5.10 Å². The number of ether oxygens (including phenoxy) is 1. The van der Waals surface area contributed by atoms with Crippen LogP contribution in [-0.2, 0) is 10.2 Å². The molecule has 1 N–H and O–H groups in total. The molecule has 37 heavy (non-hydrogen) atoms. The van der Waals surface area contributed by atoms with Gasteiger partial charge in [-0.1, -0.05) is 12.1 Å². The summed E-state index contributed by atoms with van der Waals surface area (Å²) in [5.74, 6) is 1.24. The predicted octanol–water partition coefficient (Wildman–Crippen LogP) is 4.75. The zero-order valence-corrected chi connectivity index (χ0v) is 21.0. The predicted molar refractivity (Wildman–Crippen MR) is 139 cm³/mol. The summed E-state index contributed by atoms with van der Waals surface area (Å²) in [6, 6.07) is 14.2. The molecule has 1 saturated heterocycles. The van der Waals surface area contributed by atoms with Crippen LogP contribution in [0.5, 0.6) is 0 Å². The van der Waals surface area contributed by atoms with E-state index in [4.69, 9.17) is 9.84 Å². The van der Waals surface area contributed by atoms with E-state index >= 15 is 0 Å². The first-order valence-electron chi connectivity index (χ1n) is 12.1. The zero-order chi connectivity index (χ0) is 26.0. The van der Waals surface area contributed by atoms with Gasteiger partial charge in [0.05, 0.1) is 29.2 Å². The maximum absolute atomic E-state index is 12.5. The zero-order valence-electron chi connectivity index (χ0n) is 21.0. The number of amides is 1. The van der Waals surface area contributed by atoms with Crippen LogP contribution in [0.25, 0.3) is 16.6 Å². The number of carbonyl (C=O) groups is 1. The van der Waals surface area contributed by atoms with Crippen LogP contribution in [0.15, 0.2) is 61.2 Å². The fourth-order valence-corrected chi connectivity index (χ4v) is 4.48. The van der Waals surface area contributed by atoms with Crippen LogP contribution in [0.3, 0.4) is 0 Å². The van der Waals surface area contributed by atoms with E-state index in [-0.39, 0.29) is 6.09 Å². The number of benzene rings is 1. The molecule has 1 amide bonds. The van der Waals surface area contributed by atoms with Crippen LogP contribution in [0.2, 0.25) is 0 Å². The molecule has 0 unspecified atom stereocenters. The molecule has 10 heteroatoms. The molecule has 0 atom stereocenters. The summed E-state index contributed by atoms with van der Waals surface area (Å²) >= 11 is 0. The minimum atomic E-state index is -0.807. The molecule has 0 aliphatic carbocycles. The number of nitrogens with zero attached hydrogens (tertiary/aromatic N) is 7. The molecule has 0 bridgehead atoms. The maximum Gasteiger partial charge on any atom is 0.410 e. The summed E-state index contributed by atoms with van der Waals surface area (Å²) in [6.45, 7) is 6.38. The lowest BCUT2D eigenvalue weighted by Gasteiger charge is -2.37. The van der Waals surface area contributed by atoms with Crippen LogP contribution in [-0.4, -0.2) is 54.4 Å². The van der Waals surface area contributed by atoms with Gasteiger partial charge >= 0.3 is 6.09 Å². The molecular weight excluding hydrogens is 468 g/mol. The molecule has 1 aliphatic rings. The molecule has 188 valence electrons. The fraction of sp³-hybridized carbons (Fsp3) is 0.333. The molecule has 1 aromatic carbocycles. The summed E-state index contributed by atoms with van der Waals surface area (Å²) in [4.78, 5) is 27.2. The largest absolute Gasteiger partial charge is 0.444 e. The summed E-state index contributed by atoms with van der Waals surface area (Å²) in [7, 11) is 0. The number of para-hydroxylation sites is 1. The van der Waals surface area contributed by atoms with Crippen molar-refractivity contribution in [2.75, 3.05) is 18.4 Å². The van der Waals surface area contributed by atoms with E-state index < -0.39 is 11.0 Å². The smallest absolute Gasteiger partial charge is 0.410 e. The van der Waals surface area contributed by atoms with Crippen LogP contribution in [0.4, 0.5) is 16.4 Å². The van der Waals surface area contributed by atoms with E-state index in [2.05, 4.69) is 26.3 Å². The van der Waals surface area contributed by atoms with Gasteiger partial charge in [0.1, 0.15) is 16.8 Å². The Morgan fingerprint density at radius 2 is 1.89 bits per heavy atom. The highest BCUT2D eigenvalue weighted by atomic mass is 16.6. The Labute approximate surface area is 214 Å². The Morgan fingerprint density at radius 3 is 2.59 bits per heavy atom. The highest BCUT2D eigenvalue weighted by Crippen LogP contribution is 2.36. The first-order chi connectivity index (χ1) is 17.8. The average Bonchev–Trinajstić information content (AvgIpc) is 3.27. The second-order valence-electron chi connectivity index (χ2n) is 10.1. The number of hydrogen-bond acceptors (Lipinski definition) is 8. The minimum absolute atomic E-state index is 0.355. The Bertz CT molecular complexity index is 1460. The van der Waals surface area contributed by atoms with E-state index in [0.717, 1.165) is 16.6 Å². The molecule has 4 aromatic rings. The lowest BCUT2D eigenvalue weighted by Crippen LogP contribution is -2.46. The number of rotatable bonds is 4. The Kier molecular flexibility index (Phi) is 6.21. The van der Waals surface area contributed by atoms with E-state index in [1.54, 1.807) is 29.7 Å². The normalized spacial score (nSPS) is 15.2. The highest BCUT2D eigenvalue weighted by Gasteiger charge is 2.40. The third-order valence-electron chi connectivity index (χ3n) is 6.36. The van der Waals surface area contributed by atoms with Gasteiger partial charge in [0.2, 0.25) is 0 Å². The number of nitrogens with one attached hydrogen (secondary N) is 1. The minimum Gasteiger partial charge on any atom is -0.444 e. The molecule has 10 nitrogen and oxygen atoms in total. The number of piperidine rings is 1. The quantitative estimate of drug-likeness (QED) is 0.430. The summed E-state index contributed by atoms with van der Waals surface area (Å²) in [6.07, 6.45) is 7.16. The van der Waals surface area contributed by atoms with Crippen LogP contribution < -0.4 is 5.32 Å². The SMILES string of the molecule is CC(C)(C)OC(=O)N1CCC(C#N)(c2cc(-n3nc(Nc4cnccn4)c4ccccc43)ccn2)CC1. The number of hydrogen-bond donors (Lipinski definition) is 1. The van der Waals surface area contributed by atoms with Gasteiger partial charge in [-0.2, -0.15) is 5.26 Å². The summed E-state index contributed by atoms with van der Waals surface area (Å²) in [5.41, 5.74) is 0.983. The van der Waals surface area contributed by atoms with Crippen molar-refractivity contribution in [3.05, 3.63) is 66.9 Å². The first kappa shape index (κ1) is 24.2. The number of pyridine rings is 1. The third kappa shape index (κ3) is 4.93. The molecule has 0 saturated carbocycles. The van der Waals surface area contributed by atoms with Gasteiger partial charge in [-0.3, -0.25) is 9.97 Å². The van der Waals surface area contributed by atoms with E-state index in [1.807, 2.05) is 61.9 Å². The Hall–Kier alpha value is -4.52. The molecule has 0 radical (unpaired) electrons. The van der Waals surface area contributed by atoms with Crippen LogP contribution >= 0.6 is 0 Å². The number of likely N-dealkylation sites (tertiary alicyclic amines) is 1. The molecule has 1 aliphatic heterocycles. The van der Waals surface area contributed by atoms with Crippen molar-refractivity contribution in [2.24, 2.45) is 0 Å². The van der Waals surface area contributed by atoms with E-state index in [0.29, 0.717) is 43.3 Å². The number of aromatic nitrogens is 5. The first-order valence-corrected chi connectivity index (χ1v) is 12.1. The van der Waals surface area contributed by atoms with Gasteiger partial charge in [0.15, 0.2) is 5.82 Å². The number of nitriles is 1. The standard InChI is InChI=1S/C27H28N8O2/c1-26(2,3)37-25(36)34-14-9-27(18-28,10-15-34)22-16-19(8-11-30-22)35-21-7-5-4-6-20(21)24(33-35)32-23-17-29-12-13-31-23/h4-8,11-13,16-17H,9-10,14-15H2,1-3H3,(H,31,32,33). The van der Waals surface area contributed by atoms with E-state index in [1.165, 1.54) is 0 Å². The topological polar surface area (TPSA) is 122 Å². The second-order valence-corrected chi connectivity index (χ2v) is 10.1. The molecule has 0 spiro atoms. The molecule has 5 rings (SSSR count). The molecule has 4 heterocycles. The van der Waals surface area contributed by atoms with Crippen molar-refractivity contribution in [3.8, 4) is 11.8 Å². The van der Waals surface area contributed by atoms with Gasteiger partial charge in [-0.05, 0) is 57.9 Å². The van der Waals surface area contributed by atoms with Crippen LogP contribution in [0.1, 0.15) is 39.3 Å². The van der Waals surface area contributed by atoms with Crippen molar-refractivity contribution < 1.29 is 9.53 Å². The monoisotopic (exact) mass is 496 g/mol. The number of anilines is 2. The van der Waals surface area contributed by atoms with Gasteiger partial charge in [0.25, 0.3) is 0 Å². The molecular formula is C27H28N8O2. The molecule has 3 aromatic heterocycles. The van der Waals surface area contributed by atoms with Crippen LogP contribution in [0, 0.1) is 11.3 Å². The van der Waals surface area contributed by atoms with Crippen molar-refractivity contribution in [3.63, 3.8) is 0 Å². The third-order valence-corrected chi connectivity index (χ3v) is 6.36. The Balaban J connectivity index is 1.44. The number of fused-ring (bicyclic) bond motifs is 1. The van der Waals surface area contributed by atoms with Crippen molar-refractivity contribution in [1.29, 1.82) is 5.26 Å². The molecule has 1 fully saturated rings.